The first-order chi connectivity index (χ1) is 12.1. The maximum absolute atomic E-state index is 12.5. The van der Waals surface area contributed by atoms with E-state index in [9.17, 15) is 9.59 Å². The Bertz CT molecular complexity index is 744. The topological polar surface area (TPSA) is 58.2 Å². The van der Waals surface area contributed by atoms with Crippen molar-refractivity contribution in [3.8, 4) is 0 Å². The molecule has 2 N–H and O–H groups in total. The predicted molar refractivity (Wildman–Crippen MR) is 103 cm³/mol. The molecule has 1 atom stereocenters. The van der Waals surface area contributed by atoms with Crippen LogP contribution < -0.4 is 10.6 Å². The zero-order valence-corrected chi connectivity index (χ0v) is 15.0. The molecule has 0 aromatic heterocycles. The molecule has 1 fully saturated rings. The Kier molecular flexibility index (Phi) is 5.76. The third-order valence-electron chi connectivity index (χ3n) is 4.05. The summed E-state index contributed by atoms with van der Waals surface area (Å²) in [6.07, 6.45) is 2.07. The Hall–Kier alpha value is -2.27. The van der Waals surface area contributed by atoms with Gasteiger partial charge in [-0.25, -0.2) is 0 Å². The van der Waals surface area contributed by atoms with Gasteiger partial charge in [0.05, 0.1) is 16.5 Å². The first kappa shape index (κ1) is 17.5. The lowest BCUT2D eigenvalue weighted by Crippen LogP contribution is -2.28. The van der Waals surface area contributed by atoms with Gasteiger partial charge in [0, 0.05) is 11.8 Å². The number of hydrogen-bond acceptors (Lipinski definition) is 3. The maximum atomic E-state index is 12.5. The van der Waals surface area contributed by atoms with E-state index in [1.807, 2.05) is 37.3 Å². The molecule has 1 aliphatic carbocycles. The summed E-state index contributed by atoms with van der Waals surface area (Å²) in [5.74, 6) is 0.565. The molecule has 2 aromatic rings. The normalized spacial score (nSPS) is 14.6. The van der Waals surface area contributed by atoms with Gasteiger partial charge in [0.15, 0.2) is 0 Å². The molecule has 4 nitrogen and oxygen atoms in total. The largest absolute Gasteiger partial charge is 0.349 e. The summed E-state index contributed by atoms with van der Waals surface area (Å²) in [5.41, 5.74) is 2.28. The molecule has 0 radical (unpaired) electrons. The molecule has 1 unspecified atom stereocenters. The van der Waals surface area contributed by atoms with Crippen molar-refractivity contribution in [3.05, 3.63) is 65.7 Å². The van der Waals surface area contributed by atoms with Crippen LogP contribution in [0, 0.1) is 0 Å². The lowest BCUT2D eigenvalue weighted by molar-refractivity contribution is -0.115. The molecule has 25 heavy (non-hydrogen) atoms. The number of anilines is 1. The fourth-order valence-corrected chi connectivity index (χ4v) is 3.23. The molecule has 0 bridgehead atoms. The minimum absolute atomic E-state index is 0.0902. The van der Waals surface area contributed by atoms with Crippen molar-refractivity contribution >= 4 is 29.3 Å². The van der Waals surface area contributed by atoms with Crippen molar-refractivity contribution in [3.63, 3.8) is 0 Å². The van der Waals surface area contributed by atoms with Crippen LogP contribution in [0.2, 0.25) is 0 Å². The third kappa shape index (κ3) is 5.10. The summed E-state index contributed by atoms with van der Waals surface area (Å²) in [6, 6.07) is 17.5. The summed E-state index contributed by atoms with van der Waals surface area (Å²) in [4.78, 5) is 24.8. The molecule has 130 valence electrons. The van der Waals surface area contributed by atoms with Crippen LogP contribution in [0.25, 0.3) is 0 Å². The number of carbonyl (C=O) groups is 2. The molecule has 0 spiro atoms. The average Bonchev–Trinajstić information content (AvgIpc) is 3.45. The van der Waals surface area contributed by atoms with Gasteiger partial charge in [-0.15, -0.1) is 11.8 Å². The second-order valence-corrected chi connectivity index (χ2v) is 7.55. The van der Waals surface area contributed by atoms with Crippen LogP contribution in [0.3, 0.4) is 0 Å². The lowest BCUT2D eigenvalue weighted by atomic mass is 10.1. The zero-order valence-electron chi connectivity index (χ0n) is 14.2. The smallest absolute Gasteiger partial charge is 0.253 e. The highest BCUT2D eigenvalue weighted by atomic mass is 32.2. The molecule has 0 saturated heterocycles. The van der Waals surface area contributed by atoms with Gasteiger partial charge in [-0.2, -0.15) is 0 Å². The summed E-state index contributed by atoms with van der Waals surface area (Å²) in [5, 5.41) is 5.66. The third-order valence-corrected chi connectivity index (χ3v) is 5.27. The van der Waals surface area contributed by atoms with Crippen LogP contribution in [0.5, 0.6) is 0 Å². The van der Waals surface area contributed by atoms with Crippen LogP contribution in [0.4, 0.5) is 5.69 Å². The van der Waals surface area contributed by atoms with Crippen molar-refractivity contribution in [2.24, 2.45) is 0 Å². The molecule has 5 heteroatoms. The number of para-hydroxylation sites is 1. The highest BCUT2D eigenvalue weighted by molar-refractivity contribution is 7.99. The molecule has 0 heterocycles. The Morgan fingerprint density at radius 3 is 2.48 bits per heavy atom. The van der Waals surface area contributed by atoms with Crippen LogP contribution in [0.15, 0.2) is 54.6 Å². The molecule has 1 aliphatic rings. The fraction of sp³-hybridized carbons (Fsp3) is 0.300. The summed E-state index contributed by atoms with van der Waals surface area (Å²) < 4.78 is 0. The van der Waals surface area contributed by atoms with Crippen molar-refractivity contribution in [2.75, 3.05) is 5.32 Å². The SMILES string of the molecule is CC(SCc1ccccc1)C(=O)Nc1ccccc1C(=O)NC1CC1. The average molecular weight is 354 g/mol. The van der Waals surface area contributed by atoms with E-state index < -0.39 is 0 Å². The Balaban J connectivity index is 1.59. The number of nitrogens with one attached hydrogen (secondary N) is 2. The number of amides is 2. The van der Waals surface area contributed by atoms with Gasteiger partial charge in [-0.05, 0) is 37.5 Å². The van der Waals surface area contributed by atoms with Gasteiger partial charge in [0.2, 0.25) is 5.91 Å². The number of benzene rings is 2. The van der Waals surface area contributed by atoms with Crippen molar-refractivity contribution < 1.29 is 9.59 Å². The molecular formula is C20H22N2O2S. The number of carbonyl (C=O) groups excluding carboxylic acids is 2. The zero-order chi connectivity index (χ0) is 17.6. The van der Waals surface area contributed by atoms with Gasteiger partial charge in [0.1, 0.15) is 0 Å². The summed E-state index contributed by atoms with van der Waals surface area (Å²) in [6.45, 7) is 1.88. The van der Waals surface area contributed by atoms with Gasteiger partial charge in [0.25, 0.3) is 5.91 Å². The number of thioether (sulfide) groups is 1. The van der Waals surface area contributed by atoms with E-state index in [4.69, 9.17) is 0 Å². The quantitative estimate of drug-likeness (QED) is 0.794. The first-order valence-corrected chi connectivity index (χ1v) is 9.54. The van der Waals surface area contributed by atoms with E-state index in [0.29, 0.717) is 11.3 Å². The standard InChI is InChI=1S/C20H22N2O2S/c1-14(25-13-15-7-3-2-4-8-15)19(23)22-18-10-6-5-9-17(18)20(24)21-16-11-12-16/h2-10,14,16H,11-13H2,1H3,(H,21,24)(H,22,23). The fourth-order valence-electron chi connectivity index (χ4n) is 2.39. The number of hydrogen-bond donors (Lipinski definition) is 2. The second kappa shape index (κ2) is 8.21. The van der Waals surface area contributed by atoms with Crippen LogP contribution >= 0.6 is 11.8 Å². The minimum Gasteiger partial charge on any atom is -0.349 e. The molecule has 3 rings (SSSR count). The highest BCUT2D eigenvalue weighted by Gasteiger charge is 2.25. The summed E-state index contributed by atoms with van der Waals surface area (Å²) >= 11 is 1.58. The van der Waals surface area contributed by atoms with E-state index in [-0.39, 0.29) is 23.1 Å². The van der Waals surface area contributed by atoms with Gasteiger partial charge in [-0.1, -0.05) is 42.5 Å². The van der Waals surface area contributed by atoms with Gasteiger partial charge in [-0.3, -0.25) is 9.59 Å². The van der Waals surface area contributed by atoms with Crippen LogP contribution in [0.1, 0.15) is 35.7 Å². The van der Waals surface area contributed by atoms with E-state index in [1.165, 1.54) is 5.56 Å². The monoisotopic (exact) mass is 354 g/mol. The van der Waals surface area contributed by atoms with Gasteiger partial charge >= 0.3 is 0 Å². The molecular weight excluding hydrogens is 332 g/mol. The molecule has 1 saturated carbocycles. The van der Waals surface area contributed by atoms with E-state index in [0.717, 1.165) is 18.6 Å². The minimum atomic E-state index is -0.209. The maximum Gasteiger partial charge on any atom is 0.253 e. The molecule has 2 aromatic carbocycles. The van der Waals surface area contributed by atoms with E-state index >= 15 is 0 Å². The van der Waals surface area contributed by atoms with Gasteiger partial charge < -0.3 is 10.6 Å². The van der Waals surface area contributed by atoms with E-state index in [2.05, 4.69) is 22.8 Å². The van der Waals surface area contributed by atoms with Crippen molar-refractivity contribution in [1.82, 2.24) is 5.32 Å². The Morgan fingerprint density at radius 2 is 1.76 bits per heavy atom. The van der Waals surface area contributed by atoms with Crippen LogP contribution in [-0.2, 0) is 10.5 Å². The van der Waals surface area contributed by atoms with E-state index in [1.54, 1.807) is 23.9 Å². The van der Waals surface area contributed by atoms with Crippen LogP contribution in [-0.4, -0.2) is 23.1 Å². The second-order valence-electron chi connectivity index (χ2n) is 6.22. The first-order valence-electron chi connectivity index (χ1n) is 8.50. The highest BCUT2D eigenvalue weighted by Crippen LogP contribution is 2.23. The number of rotatable bonds is 7. The molecule has 0 aliphatic heterocycles. The predicted octanol–water partition coefficient (Wildman–Crippen LogP) is 3.84. The molecule has 2 amide bonds. The Labute approximate surface area is 152 Å². The van der Waals surface area contributed by atoms with Crippen molar-refractivity contribution in [1.29, 1.82) is 0 Å². The van der Waals surface area contributed by atoms with Crippen molar-refractivity contribution in [2.45, 2.75) is 36.8 Å². The summed E-state index contributed by atoms with van der Waals surface area (Å²) in [7, 11) is 0. The lowest BCUT2D eigenvalue weighted by Gasteiger charge is -2.15. The Morgan fingerprint density at radius 1 is 1.08 bits per heavy atom.